The van der Waals surface area contributed by atoms with E-state index >= 15 is 0 Å². The van der Waals surface area contributed by atoms with Gasteiger partial charge in [0.1, 0.15) is 11.6 Å². The third-order valence-corrected chi connectivity index (χ3v) is 5.96. The van der Waals surface area contributed by atoms with Crippen LogP contribution in [0.1, 0.15) is 19.3 Å². The van der Waals surface area contributed by atoms with Crippen molar-refractivity contribution < 1.29 is 19.0 Å². The van der Waals surface area contributed by atoms with Crippen LogP contribution in [0.15, 0.2) is 24.3 Å². The summed E-state index contributed by atoms with van der Waals surface area (Å²) >= 11 is 0. The molecule has 0 radical (unpaired) electrons. The summed E-state index contributed by atoms with van der Waals surface area (Å²) in [6.45, 7) is 5.90. The fourth-order valence-electron chi connectivity index (χ4n) is 4.28. The van der Waals surface area contributed by atoms with Gasteiger partial charge in [0, 0.05) is 51.9 Å². The molecule has 1 amide bonds. The summed E-state index contributed by atoms with van der Waals surface area (Å²) in [6.07, 6.45) is 2.65. The Kier molecular flexibility index (Phi) is 7.65. The van der Waals surface area contributed by atoms with Gasteiger partial charge >= 0.3 is 0 Å². The van der Waals surface area contributed by atoms with Crippen LogP contribution in [0.25, 0.3) is 0 Å². The van der Waals surface area contributed by atoms with E-state index in [4.69, 9.17) is 4.74 Å². The lowest BCUT2D eigenvalue weighted by atomic mass is 9.86. The van der Waals surface area contributed by atoms with E-state index in [1.54, 1.807) is 0 Å². The molecule has 28 heavy (non-hydrogen) atoms. The minimum absolute atomic E-state index is 0.0302. The van der Waals surface area contributed by atoms with Gasteiger partial charge < -0.3 is 19.6 Å². The molecule has 7 heteroatoms. The first-order chi connectivity index (χ1) is 13.6. The van der Waals surface area contributed by atoms with Gasteiger partial charge in [-0.3, -0.25) is 9.69 Å². The number of rotatable bonds is 7. The quantitative estimate of drug-likeness (QED) is 0.760. The number of likely N-dealkylation sites (tertiary alicyclic amines) is 1. The molecule has 2 saturated heterocycles. The average Bonchev–Trinajstić information content (AvgIpc) is 2.72. The van der Waals surface area contributed by atoms with Crippen molar-refractivity contribution >= 4 is 5.91 Å². The van der Waals surface area contributed by atoms with Crippen molar-refractivity contribution in [2.24, 2.45) is 5.92 Å². The number of benzene rings is 1. The number of likely N-dealkylation sites (N-methyl/N-ethyl adjacent to an activating group) is 1. The number of carbonyl (C=O) groups excluding carboxylic acids is 1. The summed E-state index contributed by atoms with van der Waals surface area (Å²) in [5.41, 5.74) is 0. The molecule has 6 nitrogen and oxygen atoms in total. The largest absolute Gasteiger partial charge is 0.484 e. The molecule has 0 saturated carbocycles. The van der Waals surface area contributed by atoms with Gasteiger partial charge in [-0.1, -0.05) is 0 Å². The molecule has 2 aliphatic rings. The first kappa shape index (κ1) is 21.0. The van der Waals surface area contributed by atoms with E-state index in [1.165, 1.54) is 24.3 Å². The normalized spacial score (nSPS) is 24.3. The molecule has 0 spiro atoms. The fourth-order valence-corrected chi connectivity index (χ4v) is 4.28. The predicted octanol–water partition coefficient (Wildman–Crippen LogP) is 1.44. The molecule has 0 unspecified atom stereocenters. The van der Waals surface area contributed by atoms with Crippen LogP contribution < -0.4 is 4.74 Å². The fraction of sp³-hybridized carbons (Fsp3) is 0.667. The summed E-state index contributed by atoms with van der Waals surface area (Å²) < 4.78 is 18.5. The smallest absolute Gasteiger partial charge is 0.260 e. The van der Waals surface area contributed by atoms with E-state index in [1.807, 2.05) is 4.90 Å². The van der Waals surface area contributed by atoms with Crippen molar-refractivity contribution in [1.29, 1.82) is 0 Å². The second-order valence-electron chi connectivity index (χ2n) is 7.90. The molecule has 2 fully saturated rings. The van der Waals surface area contributed by atoms with Crippen LogP contribution in [0, 0.1) is 11.7 Å². The SMILES string of the molecule is CN1CCN([C@H]2CCN(C(=O)COc3ccc(F)cc3)C[C@H]2CCCO)CC1. The van der Waals surface area contributed by atoms with Gasteiger partial charge in [0.15, 0.2) is 6.61 Å². The monoisotopic (exact) mass is 393 g/mol. The van der Waals surface area contributed by atoms with Gasteiger partial charge in [-0.2, -0.15) is 0 Å². The Hall–Kier alpha value is -1.70. The molecule has 3 rings (SSSR count). The number of aliphatic hydroxyl groups excluding tert-OH is 1. The van der Waals surface area contributed by atoms with Crippen LogP contribution >= 0.6 is 0 Å². The second kappa shape index (κ2) is 10.2. The lowest BCUT2D eigenvalue weighted by molar-refractivity contribution is -0.136. The maximum atomic E-state index is 13.0. The zero-order valence-electron chi connectivity index (χ0n) is 16.7. The molecule has 0 bridgehead atoms. The van der Waals surface area contributed by atoms with E-state index in [0.29, 0.717) is 24.3 Å². The Morgan fingerprint density at radius 3 is 2.57 bits per heavy atom. The van der Waals surface area contributed by atoms with Crippen molar-refractivity contribution in [3.63, 3.8) is 0 Å². The summed E-state index contributed by atoms with van der Waals surface area (Å²) in [5, 5.41) is 9.29. The van der Waals surface area contributed by atoms with Crippen molar-refractivity contribution in [2.75, 3.05) is 59.5 Å². The molecule has 1 aromatic carbocycles. The number of halogens is 1. The summed E-state index contributed by atoms with van der Waals surface area (Å²) in [4.78, 5) is 19.4. The maximum absolute atomic E-state index is 13.0. The van der Waals surface area contributed by atoms with Crippen molar-refractivity contribution in [1.82, 2.24) is 14.7 Å². The number of hydrogen-bond acceptors (Lipinski definition) is 5. The van der Waals surface area contributed by atoms with Crippen LogP contribution in [0.3, 0.4) is 0 Å². The molecule has 2 aliphatic heterocycles. The first-order valence-electron chi connectivity index (χ1n) is 10.3. The van der Waals surface area contributed by atoms with Crippen molar-refractivity contribution in [2.45, 2.75) is 25.3 Å². The number of amides is 1. The minimum Gasteiger partial charge on any atom is -0.484 e. The lowest BCUT2D eigenvalue weighted by Crippen LogP contribution is -2.57. The van der Waals surface area contributed by atoms with Crippen LogP contribution in [-0.2, 0) is 4.79 Å². The minimum atomic E-state index is -0.323. The Morgan fingerprint density at radius 2 is 1.89 bits per heavy atom. The molecule has 156 valence electrons. The molecule has 1 aromatic rings. The zero-order valence-corrected chi connectivity index (χ0v) is 16.7. The first-order valence-corrected chi connectivity index (χ1v) is 10.3. The van der Waals surface area contributed by atoms with E-state index in [9.17, 15) is 14.3 Å². The van der Waals surface area contributed by atoms with Crippen molar-refractivity contribution in [3.05, 3.63) is 30.1 Å². The number of nitrogens with zero attached hydrogens (tertiary/aromatic N) is 3. The van der Waals surface area contributed by atoms with Gasteiger partial charge in [-0.15, -0.1) is 0 Å². The highest BCUT2D eigenvalue weighted by molar-refractivity contribution is 5.77. The van der Waals surface area contributed by atoms with Gasteiger partial charge in [0.2, 0.25) is 0 Å². The Labute approximate surface area is 166 Å². The van der Waals surface area contributed by atoms with Gasteiger partial charge in [-0.25, -0.2) is 4.39 Å². The number of ether oxygens (including phenoxy) is 1. The van der Waals surface area contributed by atoms with Crippen LogP contribution in [0.4, 0.5) is 4.39 Å². The van der Waals surface area contributed by atoms with E-state index in [0.717, 1.165) is 52.0 Å². The zero-order chi connectivity index (χ0) is 19.9. The standard InChI is InChI=1S/C21H32FN3O3/c1-23-10-12-24(13-11-23)20-8-9-25(15-17(20)3-2-14-26)21(27)16-28-19-6-4-18(22)5-7-19/h4-7,17,20,26H,2-3,8-16H2,1H3/t17-,20+/m1/s1. The Balaban J connectivity index is 1.54. The highest BCUT2D eigenvalue weighted by Gasteiger charge is 2.35. The third kappa shape index (κ3) is 5.65. The molecule has 2 atom stereocenters. The van der Waals surface area contributed by atoms with Gasteiger partial charge in [-0.05, 0) is 56.5 Å². The van der Waals surface area contributed by atoms with Gasteiger partial charge in [0.25, 0.3) is 5.91 Å². The van der Waals surface area contributed by atoms with Crippen LogP contribution in [0.2, 0.25) is 0 Å². The topological polar surface area (TPSA) is 56.2 Å². The van der Waals surface area contributed by atoms with Crippen LogP contribution in [0.5, 0.6) is 5.75 Å². The Bertz CT molecular complexity index is 620. The molecule has 0 aliphatic carbocycles. The number of piperazine rings is 1. The molecule has 1 N–H and O–H groups in total. The molecular formula is C21H32FN3O3. The van der Waals surface area contributed by atoms with Gasteiger partial charge in [0.05, 0.1) is 0 Å². The second-order valence-corrected chi connectivity index (χ2v) is 7.90. The number of piperidine rings is 1. The summed E-state index contributed by atoms with van der Waals surface area (Å²) in [5.74, 6) is 0.518. The highest BCUT2D eigenvalue weighted by Crippen LogP contribution is 2.27. The maximum Gasteiger partial charge on any atom is 0.260 e. The average molecular weight is 394 g/mol. The molecular weight excluding hydrogens is 361 g/mol. The van der Waals surface area contributed by atoms with E-state index in [2.05, 4.69) is 16.8 Å². The van der Waals surface area contributed by atoms with E-state index < -0.39 is 0 Å². The van der Waals surface area contributed by atoms with E-state index in [-0.39, 0.29) is 24.9 Å². The highest BCUT2D eigenvalue weighted by atomic mass is 19.1. The van der Waals surface area contributed by atoms with Crippen molar-refractivity contribution in [3.8, 4) is 5.75 Å². The van der Waals surface area contributed by atoms with Crippen LogP contribution in [-0.4, -0.2) is 91.3 Å². The summed E-state index contributed by atoms with van der Waals surface area (Å²) in [7, 11) is 2.16. The predicted molar refractivity (Wildman–Crippen MR) is 106 cm³/mol. The number of carbonyl (C=O) groups is 1. The molecule has 2 heterocycles. The molecule has 0 aromatic heterocycles. The third-order valence-electron chi connectivity index (χ3n) is 5.96. The summed E-state index contributed by atoms with van der Waals surface area (Å²) in [6, 6.07) is 6.19. The number of hydrogen-bond donors (Lipinski definition) is 1. The Morgan fingerprint density at radius 1 is 1.18 bits per heavy atom. The lowest BCUT2D eigenvalue weighted by Gasteiger charge is -2.46. The number of aliphatic hydroxyl groups is 1.